The molecule has 1 atom stereocenters. The van der Waals surface area contributed by atoms with Gasteiger partial charge < -0.3 is 24.1 Å². The molecule has 0 aliphatic heterocycles. The lowest BCUT2D eigenvalue weighted by molar-refractivity contribution is -0.276. The van der Waals surface area contributed by atoms with Crippen LogP contribution in [0.1, 0.15) is 25.0 Å². The van der Waals surface area contributed by atoms with Crippen LogP contribution in [0.15, 0.2) is 52.5 Å². The van der Waals surface area contributed by atoms with Crippen LogP contribution in [0.25, 0.3) is 0 Å². The molecule has 0 saturated heterocycles. The van der Waals surface area contributed by atoms with Crippen molar-refractivity contribution in [1.82, 2.24) is 0 Å². The highest BCUT2D eigenvalue weighted by molar-refractivity contribution is 9.10. The molecule has 6 nitrogen and oxygen atoms in total. The van der Waals surface area contributed by atoms with Gasteiger partial charge in [-0.3, -0.25) is 0 Å². The Kier molecular flexibility index (Phi) is 10.9. The number of hydrogen-bond donors (Lipinski definition) is 1. The van der Waals surface area contributed by atoms with E-state index < -0.39 is 36.3 Å². The van der Waals surface area contributed by atoms with Crippen molar-refractivity contribution < 1.29 is 55.2 Å². The summed E-state index contributed by atoms with van der Waals surface area (Å²) in [4.78, 5) is 11.3. The Balaban J connectivity index is 2.10. The van der Waals surface area contributed by atoms with Gasteiger partial charge in [-0.15, -0.1) is 26.3 Å². The van der Waals surface area contributed by atoms with Gasteiger partial charge in [-0.1, -0.05) is 17.9 Å². The summed E-state index contributed by atoms with van der Waals surface area (Å²) in [5.41, 5.74) is 0.914. The van der Waals surface area contributed by atoms with Gasteiger partial charge in [0.2, 0.25) is 0 Å². The molecule has 1 N–H and O–H groups in total. The molecule has 0 bridgehead atoms. The molecule has 13 heteroatoms. The van der Waals surface area contributed by atoms with Crippen LogP contribution in [-0.2, 0) is 16.0 Å². The summed E-state index contributed by atoms with van der Waals surface area (Å²) >= 11 is 3.35. The summed E-state index contributed by atoms with van der Waals surface area (Å²) in [6.07, 6.45) is -9.53. The van der Waals surface area contributed by atoms with Crippen LogP contribution in [-0.4, -0.2) is 43.1 Å². The maximum Gasteiger partial charge on any atom is 0.573 e. The number of allylic oxidation sites excluding steroid dienone is 1. The third kappa shape index (κ3) is 11.4. The second-order valence-corrected chi connectivity index (χ2v) is 8.34. The van der Waals surface area contributed by atoms with Crippen molar-refractivity contribution in [2.75, 3.05) is 13.2 Å². The van der Waals surface area contributed by atoms with Crippen LogP contribution in [0.5, 0.6) is 17.2 Å². The monoisotopic (exact) mass is 610 g/mol. The predicted molar refractivity (Wildman–Crippen MR) is 127 cm³/mol. The van der Waals surface area contributed by atoms with Crippen LogP contribution in [0, 0.1) is 11.8 Å². The van der Waals surface area contributed by atoms with Gasteiger partial charge in [0.05, 0.1) is 4.47 Å². The number of carboxylic acid groups (broad SMARTS) is 1. The third-order valence-electron chi connectivity index (χ3n) is 4.44. The average Bonchev–Trinajstić information content (AvgIpc) is 2.76. The molecule has 1 unspecified atom stereocenters. The summed E-state index contributed by atoms with van der Waals surface area (Å²) in [5.74, 6) is 2.61. The van der Waals surface area contributed by atoms with Crippen molar-refractivity contribution in [1.29, 1.82) is 0 Å². The highest BCUT2D eigenvalue weighted by atomic mass is 79.9. The Labute approximate surface area is 222 Å². The van der Waals surface area contributed by atoms with Gasteiger partial charge in [0, 0.05) is 24.7 Å². The number of carbonyl (C=O) groups is 1. The lowest BCUT2D eigenvalue weighted by Gasteiger charge is -2.13. The van der Waals surface area contributed by atoms with Gasteiger partial charge in [-0.2, -0.15) is 0 Å². The fourth-order valence-electron chi connectivity index (χ4n) is 2.93. The molecule has 0 saturated carbocycles. The molecule has 2 aromatic carbocycles. The Morgan fingerprint density at radius 1 is 1.05 bits per heavy atom. The molecule has 206 valence electrons. The molecule has 0 fully saturated rings. The van der Waals surface area contributed by atoms with Crippen LogP contribution in [0.3, 0.4) is 0 Å². The molecular weight excluding hydrogens is 590 g/mol. The largest absolute Gasteiger partial charge is 0.573 e. The molecule has 0 spiro atoms. The van der Waals surface area contributed by atoms with Gasteiger partial charge in [0.1, 0.15) is 23.9 Å². The van der Waals surface area contributed by atoms with Crippen molar-refractivity contribution in [3.8, 4) is 29.1 Å². The Hall–Kier alpha value is -3.37. The first kappa shape index (κ1) is 30.9. The SMILES string of the molecule is CCOC(Cc1ccc(OC/C=C(/C)C#Cc2cc(OC(F)(F)F)cc(OC(F)(F)F)c2)c(Br)c1)C(=O)O. The fourth-order valence-corrected chi connectivity index (χ4v) is 3.47. The van der Waals surface area contributed by atoms with Crippen molar-refractivity contribution in [2.45, 2.75) is 39.1 Å². The second kappa shape index (κ2) is 13.4. The first-order valence-corrected chi connectivity index (χ1v) is 11.6. The molecule has 0 aliphatic rings. The number of carboxylic acids is 1. The summed E-state index contributed by atoms with van der Waals surface area (Å²) in [6, 6.07) is 7.11. The Morgan fingerprint density at radius 2 is 1.66 bits per heavy atom. The van der Waals surface area contributed by atoms with E-state index in [4.69, 9.17) is 9.47 Å². The van der Waals surface area contributed by atoms with E-state index in [-0.39, 0.29) is 25.2 Å². The van der Waals surface area contributed by atoms with Gasteiger partial charge in [0.15, 0.2) is 6.10 Å². The lowest BCUT2D eigenvalue weighted by Crippen LogP contribution is -2.26. The van der Waals surface area contributed by atoms with E-state index in [1.54, 1.807) is 38.1 Å². The molecule has 2 aromatic rings. The topological polar surface area (TPSA) is 74.2 Å². The normalized spacial score (nSPS) is 12.8. The van der Waals surface area contributed by atoms with Crippen LogP contribution < -0.4 is 14.2 Å². The number of rotatable bonds is 10. The van der Waals surface area contributed by atoms with E-state index in [0.29, 0.717) is 27.4 Å². The molecule has 2 rings (SSSR count). The van der Waals surface area contributed by atoms with Crippen molar-refractivity contribution >= 4 is 21.9 Å². The van der Waals surface area contributed by atoms with Gasteiger partial charge >= 0.3 is 18.7 Å². The summed E-state index contributed by atoms with van der Waals surface area (Å²) < 4.78 is 93.9. The standard InChI is InChI=1S/C25H21BrF6O6/c1-3-35-22(23(33)34)13-17-6-7-21(20(26)12-17)36-9-8-15(2)4-5-16-10-18(37-24(27,28)29)14-19(11-16)38-25(30,31)32/h6-8,10-12,14,22H,3,9,13H2,1-2H3,(H,33,34)/b15-8-. The zero-order valence-electron chi connectivity index (χ0n) is 19.9. The van der Waals surface area contributed by atoms with E-state index >= 15 is 0 Å². The van der Waals surface area contributed by atoms with Gasteiger partial charge in [0.25, 0.3) is 0 Å². The minimum Gasteiger partial charge on any atom is -0.488 e. The van der Waals surface area contributed by atoms with Gasteiger partial charge in [-0.25, -0.2) is 4.79 Å². The van der Waals surface area contributed by atoms with Gasteiger partial charge in [-0.05, 0) is 71.3 Å². The van der Waals surface area contributed by atoms with Crippen LogP contribution >= 0.6 is 15.9 Å². The minimum absolute atomic E-state index is 0.0365. The molecule has 0 heterocycles. The number of aliphatic carboxylic acids is 1. The summed E-state index contributed by atoms with van der Waals surface area (Å²) in [7, 11) is 0. The number of halogens is 7. The molecule has 0 aromatic heterocycles. The maximum atomic E-state index is 12.5. The predicted octanol–water partition coefficient (Wildman–Crippen LogP) is 6.66. The van der Waals surface area contributed by atoms with Crippen LogP contribution in [0.2, 0.25) is 0 Å². The fraction of sp³-hybridized carbons (Fsp3) is 0.320. The first-order chi connectivity index (χ1) is 17.6. The number of alkyl halides is 6. The highest BCUT2D eigenvalue weighted by Gasteiger charge is 2.33. The van der Waals surface area contributed by atoms with E-state index in [1.165, 1.54) is 0 Å². The maximum absolute atomic E-state index is 12.5. The van der Waals surface area contributed by atoms with Crippen molar-refractivity contribution in [3.63, 3.8) is 0 Å². The molecule has 38 heavy (non-hydrogen) atoms. The zero-order chi connectivity index (χ0) is 28.5. The second-order valence-electron chi connectivity index (χ2n) is 7.49. The minimum atomic E-state index is -5.12. The summed E-state index contributed by atoms with van der Waals surface area (Å²) in [6.45, 7) is 3.55. The number of benzene rings is 2. The zero-order valence-corrected chi connectivity index (χ0v) is 21.5. The molecular formula is C25H21BrF6O6. The first-order valence-electron chi connectivity index (χ1n) is 10.8. The van der Waals surface area contributed by atoms with Crippen molar-refractivity contribution in [3.05, 3.63) is 63.6 Å². The van der Waals surface area contributed by atoms with E-state index in [0.717, 1.165) is 12.1 Å². The number of ether oxygens (including phenoxy) is 4. The smallest absolute Gasteiger partial charge is 0.488 e. The van der Waals surface area contributed by atoms with E-state index in [1.807, 2.05) is 0 Å². The molecule has 0 radical (unpaired) electrons. The Bertz CT molecular complexity index is 1180. The third-order valence-corrected chi connectivity index (χ3v) is 5.06. The number of hydrogen-bond acceptors (Lipinski definition) is 5. The summed E-state index contributed by atoms with van der Waals surface area (Å²) in [5, 5.41) is 9.21. The quantitative estimate of drug-likeness (QED) is 0.240. The Morgan fingerprint density at radius 3 is 2.16 bits per heavy atom. The van der Waals surface area contributed by atoms with Crippen molar-refractivity contribution in [2.24, 2.45) is 0 Å². The lowest BCUT2D eigenvalue weighted by atomic mass is 10.1. The van der Waals surface area contributed by atoms with E-state index in [9.17, 15) is 36.2 Å². The molecule has 0 aliphatic carbocycles. The van der Waals surface area contributed by atoms with Crippen LogP contribution in [0.4, 0.5) is 26.3 Å². The van der Waals surface area contributed by atoms with E-state index in [2.05, 4.69) is 37.2 Å². The highest BCUT2D eigenvalue weighted by Crippen LogP contribution is 2.31. The molecule has 0 amide bonds. The average molecular weight is 611 g/mol.